The Hall–Kier alpha value is -2.53. The van der Waals surface area contributed by atoms with E-state index in [0.29, 0.717) is 35.8 Å². The molecule has 3 rings (SSSR count). The summed E-state index contributed by atoms with van der Waals surface area (Å²) in [5.41, 5.74) is 1.14. The quantitative estimate of drug-likeness (QED) is 0.738. The minimum Gasteiger partial charge on any atom is -0.494 e. The Morgan fingerprint density at radius 1 is 1.08 bits per heavy atom. The van der Waals surface area contributed by atoms with Crippen molar-refractivity contribution in [3.8, 4) is 5.75 Å². The fraction of sp³-hybridized carbons (Fsp3) is 0.300. The summed E-state index contributed by atoms with van der Waals surface area (Å²) in [6.45, 7) is 4.37. The average molecular weight is 373 g/mol. The van der Waals surface area contributed by atoms with Crippen molar-refractivity contribution in [2.24, 2.45) is 5.41 Å². The second kappa shape index (κ2) is 7.38. The first-order valence-corrected chi connectivity index (χ1v) is 8.94. The Bertz CT molecular complexity index is 829. The van der Waals surface area contributed by atoms with Gasteiger partial charge in [-0.15, -0.1) is 0 Å². The molecule has 0 atom stereocenters. The van der Waals surface area contributed by atoms with Gasteiger partial charge in [-0.3, -0.25) is 9.59 Å². The number of carbonyl (C=O) groups excluding carboxylic acids is 2. The Balaban J connectivity index is 1.68. The zero-order valence-corrected chi connectivity index (χ0v) is 15.5. The molecule has 1 aliphatic carbocycles. The van der Waals surface area contributed by atoms with Crippen LogP contribution in [0.3, 0.4) is 0 Å². The summed E-state index contributed by atoms with van der Waals surface area (Å²) in [4.78, 5) is 25.4. The molecule has 1 aliphatic rings. The van der Waals surface area contributed by atoms with Crippen LogP contribution in [0.2, 0.25) is 5.02 Å². The van der Waals surface area contributed by atoms with Gasteiger partial charge in [0.2, 0.25) is 11.8 Å². The molecule has 26 heavy (non-hydrogen) atoms. The number of rotatable bonds is 6. The lowest BCUT2D eigenvalue weighted by Crippen LogP contribution is -2.35. The first kappa shape index (κ1) is 18.3. The number of aryl methyl sites for hydroxylation is 1. The molecule has 0 saturated heterocycles. The Kier molecular flexibility index (Phi) is 5.18. The predicted octanol–water partition coefficient (Wildman–Crippen LogP) is 4.40. The van der Waals surface area contributed by atoms with E-state index >= 15 is 0 Å². The van der Waals surface area contributed by atoms with E-state index < -0.39 is 5.41 Å². The topological polar surface area (TPSA) is 67.4 Å². The van der Waals surface area contributed by atoms with Crippen LogP contribution in [0.5, 0.6) is 5.75 Å². The van der Waals surface area contributed by atoms with Crippen LogP contribution in [0.25, 0.3) is 0 Å². The van der Waals surface area contributed by atoms with Crippen molar-refractivity contribution in [3.63, 3.8) is 0 Å². The number of amides is 2. The minimum absolute atomic E-state index is 0.293. The second-order valence-electron chi connectivity index (χ2n) is 6.41. The summed E-state index contributed by atoms with van der Waals surface area (Å²) in [6, 6.07) is 12.4. The number of ether oxygens (including phenoxy) is 1. The molecule has 6 heteroatoms. The molecule has 136 valence electrons. The van der Waals surface area contributed by atoms with Crippen LogP contribution >= 0.6 is 11.6 Å². The van der Waals surface area contributed by atoms with Crippen molar-refractivity contribution < 1.29 is 14.3 Å². The van der Waals surface area contributed by atoms with Crippen LogP contribution in [0.1, 0.15) is 25.3 Å². The van der Waals surface area contributed by atoms with E-state index in [0.717, 1.165) is 11.3 Å². The Morgan fingerprint density at radius 3 is 2.35 bits per heavy atom. The van der Waals surface area contributed by atoms with Crippen molar-refractivity contribution in [2.45, 2.75) is 26.7 Å². The summed E-state index contributed by atoms with van der Waals surface area (Å²) in [6.07, 6.45) is 1.06. The number of hydrogen-bond acceptors (Lipinski definition) is 3. The van der Waals surface area contributed by atoms with Crippen molar-refractivity contribution in [2.75, 3.05) is 17.2 Å². The van der Waals surface area contributed by atoms with Crippen LogP contribution in [0.15, 0.2) is 42.5 Å². The highest BCUT2D eigenvalue weighted by Crippen LogP contribution is 2.47. The van der Waals surface area contributed by atoms with E-state index in [4.69, 9.17) is 16.3 Å². The third-order valence-corrected chi connectivity index (χ3v) is 4.73. The van der Waals surface area contributed by atoms with Gasteiger partial charge in [0.25, 0.3) is 0 Å². The molecule has 2 aromatic carbocycles. The largest absolute Gasteiger partial charge is 0.494 e. The molecule has 0 aromatic heterocycles. The third-order valence-electron chi connectivity index (χ3n) is 4.49. The van der Waals surface area contributed by atoms with E-state index in [2.05, 4.69) is 10.6 Å². The van der Waals surface area contributed by atoms with E-state index in [1.54, 1.807) is 36.4 Å². The fourth-order valence-electron chi connectivity index (χ4n) is 2.70. The number of anilines is 2. The van der Waals surface area contributed by atoms with Crippen molar-refractivity contribution >= 4 is 34.8 Å². The second-order valence-corrected chi connectivity index (χ2v) is 6.84. The SMILES string of the molecule is CCOc1ccc(NC(=O)C2(C(=O)Nc3cc(Cl)ccc3C)CC2)cc1. The minimum atomic E-state index is -1.02. The van der Waals surface area contributed by atoms with Gasteiger partial charge in [-0.25, -0.2) is 0 Å². The van der Waals surface area contributed by atoms with E-state index in [-0.39, 0.29) is 11.8 Å². The zero-order valence-electron chi connectivity index (χ0n) is 14.8. The molecule has 2 amide bonds. The van der Waals surface area contributed by atoms with Crippen LogP contribution in [-0.2, 0) is 9.59 Å². The lowest BCUT2D eigenvalue weighted by atomic mass is 10.0. The van der Waals surface area contributed by atoms with Gasteiger partial charge in [0.15, 0.2) is 0 Å². The summed E-state index contributed by atoms with van der Waals surface area (Å²) in [5.74, 6) is 0.144. The van der Waals surface area contributed by atoms with E-state index in [9.17, 15) is 9.59 Å². The summed E-state index contributed by atoms with van der Waals surface area (Å²) in [5, 5.41) is 6.20. The number of hydrogen-bond donors (Lipinski definition) is 2. The summed E-state index contributed by atoms with van der Waals surface area (Å²) < 4.78 is 5.38. The lowest BCUT2D eigenvalue weighted by molar-refractivity contribution is -0.131. The normalized spacial score (nSPS) is 14.4. The lowest BCUT2D eigenvalue weighted by Gasteiger charge is -2.17. The first-order valence-electron chi connectivity index (χ1n) is 8.56. The standard InChI is InChI=1S/C20H21ClN2O3/c1-3-26-16-8-6-15(7-9-16)22-18(24)20(10-11-20)19(25)23-17-12-14(21)5-4-13(17)2/h4-9,12H,3,10-11H2,1-2H3,(H,22,24)(H,23,25). The molecular weight excluding hydrogens is 352 g/mol. The van der Waals surface area contributed by atoms with Crippen molar-refractivity contribution in [3.05, 3.63) is 53.1 Å². The molecule has 0 heterocycles. The molecule has 0 aliphatic heterocycles. The monoisotopic (exact) mass is 372 g/mol. The van der Waals surface area contributed by atoms with Gasteiger partial charge in [-0.2, -0.15) is 0 Å². The molecule has 2 N–H and O–H groups in total. The Labute approximate surface area is 157 Å². The Morgan fingerprint density at radius 2 is 1.73 bits per heavy atom. The fourth-order valence-corrected chi connectivity index (χ4v) is 2.88. The van der Waals surface area contributed by atoms with Gasteiger partial charge in [0.1, 0.15) is 11.2 Å². The van der Waals surface area contributed by atoms with Gasteiger partial charge in [0, 0.05) is 16.4 Å². The van der Waals surface area contributed by atoms with Crippen LogP contribution < -0.4 is 15.4 Å². The summed E-state index contributed by atoms with van der Waals surface area (Å²) >= 11 is 5.99. The van der Waals surface area contributed by atoms with Crippen LogP contribution in [-0.4, -0.2) is 18.4 Å². The molecule has 0 spiro atoms. The van der Waals surface area contributed by atoms with Crippen molar-refractivity contribution in [1.29, 1.82) is 0 Å². The molecule has 5 nitrogen and oxygen atoms in total. The highest BCUT2D eigenvalue weighted by atomic mass is 35.5. The highest BCUT2D eigenvalue weighted by Gasteiger charge is 2.56. The highest BCUT2D eigenvalue weighted by molar-refractivity contribution is 6.31. The number of nitrogens with one attached hydrogen (secondary N) is 2. The van der Waals surface area contributed by atoms with E-state index in [1.807, 2.05) is 19.9 Å². The molecule has 1 saturated carbocycles. The van der Waals surface area contributed by atoms with Gasteiger partial charge >= 0.3 is 0 Å². The first-order chi connectivity index (χ1) is 12.4. The number of carbonyl (C=O) groups is 2. The maximum Gasteiger partial charge on any atom is 0.240 e. The third kappa shape index (κ3) is 3.83. The molecule has 0 unspecified atom stereocenters. The zero-order chi connectivity index (χ0) is 18.7. The van der Waals surface area contributed by atoms with Gasteiger partial charge in [0.05, 0.1) is 6.61 Å². The molecule has 1 fully saturated rings. The number of halogens is 1. The number of benzene rings is 2. The molecule has 2 aromatic rings. The maximum absolute atomic E-state index is 12.7. The molecular formula is C20H21ClN2O3. The van der Waals surface area contributed by atoms with Crippen LogP contribution in [0, 0.1) is 12.3 Å². The van der Waals surface area contributed by atoms with Crippen molar-refractivity contribution in [1.82, 2.24) is 0 Å². The van der Waals surface area contributed by atoms with Gasteiger partial charge in [-0.05, 0) is 68.7 Å². The van der Waals surface area contributed by atoms with Gasteiger partial charge < -0.3 is 15.4 Å². The smallest absolute Gasteiger partial charge is 0.240 e. The predicted molar refractivity (Wildman–Crippen MR) is 103 cm³/mol. The van der Waals surface area contributed by atoms with Crippen LogP contribution in [0.4, 0.5) is 11.4 Å². The molecule has 0 radical (unpaired) electrons. The van der Waals surface area contributed by atoms with E-state index in [1.165, 1.54) is 0 Å². The van der Waals surface area contributed by atoms with Gasteiger partial charge in [-0.1, -0.05) is 17.7 Å². The average Bonchev–Trinajstić information content (AvgIpc) is 3.42. The maximum atomic E-state index is 12.7. The summed E-state index contributed by atoms with van der Waals surface area (Å²) in [7, 11) is 0. The molecule has 0 bridgehead atoms.